The quantitative estimate of drug-likeness (QED) is 0.340. The van der Waals surface area contributed by atoms with E-state index in [9.17, 15) is 9.59 Å². The smallest absolute Gasteiger partial charge is 0.322 e. The number of benzene rings is 1. The predicted octanol–water partition coefficient (Wildman–Crippen LogP) is 5.19. The second-order valence-corrected chi connectivity index (χ2v) is 10.2. The van der Waals surface area contributed by atoms with Crippen LogP contribution in [0.3, 0.4) is 0 Å². The average molecular weight is 518 g/mol. The summed E-state index contributed by atoms with van der Waals surface area (Å²) in [6, 6.07) is 7.72. The van der Waals surface area contributed by atoms with Gasteiger partial charge in [0, 0.05) is 30.8 Å². The molecule has 36 heavy (non-hydrogen) atoms. The maximum absolute atomic E-state index is 13.0. The van der Waals surface area contributed by atoms with Crippen molar-refractivity contribution in [2.75, 3.05) is 45.2 Å². The highest BCUT2D eigenvalue weighted by molar-refractivity contribution is 7.09. The number of rotatable bonds is 15. The van der Waals surface area contributed by atoms with E-state index in [1.54, 1.807) is 17.4 Å². The first-order valence-corrected chi connectivity index (χ1v) is 13.8. The molecule has 1 atom stereocenters. The van der Waals surface area contributed by atoms with Gasteiger partial charge >= 0.3 is 6.03 Å². The number of nitrogens with one attached hydrogen (secondary N) is 2. The van der Waals surface area contributed by atoms with Gasteiger partial charge in [-0.25, -0.2) is 9.78 Å². The second kappa shape index (κ2) is 15.6. The zero-order valence-electron chi connectivity index (χ0n) is 22.7. The van der Waals surface area contributed by atoms with Gasteiger partial charge in [-0.2, -0.15) is 0 Å². The number of thiazole rings is 1. The van der Waals surface area contributed by atoms with Gasteiger partial charge in [0.15, 0.2) is 0 Å². The van der Waals surface area contributed by atoms with Crippen LogP contribution in [-0.4, -0.2) is 72.7 Å². The second-order valence-electron chi connectivity index (χ2n) is 9.29. The van der Waals surface area contributed by atoms with E-state index in [4.69, 9.17) is 4.74 Å². The Bertz CT molecular complexity index is 928. The van der Waals surface area contributed by atoms with E-state index in [1.165, 1.54) is 16.9 Å². The molecular weight excluding hydrogens is 474 g/mol. The van der Waals surface area contributed by atoms with Crippen molar-refractivity contribution >= 4 is 29.0 Å². The number of amides is 3. The summed E-state index contributed by atoms with van der Waals surface area (Å²) in [6.07, 6.45) is 1.96. The molecule has 0 aliphatic carbocycles. The van der Waals surface area contributed by atoms with E-state index in [-0.39, 0.29) is 18.0 Å². The number of nitrogens with zero attached hydrogens (tertiary/aromatic N) is 3. The van der Waals surface area contributed by atoms with Gasteiger partial charge in [-0.1, -0.05) is 39.8 Å². The van der Waals surface area contributed by atoms with E-state index >= 15 is 0 Å². The lowest BCUT2D eigenvalue weighted by Crippen LogP contribution is -2.37. The van der Waals surface area contributed by atoms with Crippen molar-refractivity contribution in [3.8, 4) is 0 Å². The number of hydrogen-bond donors (Lipinski definition) is 2. The summed E-state index contributed by atoms with van der Waals surface area (Å²) in [7, 11) is 1.61. The van der Waals surface area contributed by atoms with Gasteiger partial charge in [-0.3, -0.25) is 4.79 Å². The highest BCUT2D eigenvalue weighted by Crippen LogP contribution is 2.18. The molecule has 3 amide bonds. The third kappa shape index (κ3) is 9.87. The van der Waals surface area contributed by atoms with Gasteiger partial charge in [0.2, 0.25) is 0 Å². The van der Waals surface area contributed by atoms with Crippen LogP contribution in [0.2, 0.25) is 0 Å². The average Bonchev–Trinajstić information content (AvgIpc) is 3.33. The van der Waals surface area contributed by atoms with Crippen molar-refractivity contribution in [2.24, 2.45) is 0 Å². The Morgan fingerprint density at radius 3 is 2.39 bits per heavy atom. The van der Waals surface area contributed by atoms with Crippen LogP contribution >= 0.6 is 11.3 Å². The number of carbonyl (C=O) groups excluding carboxylic acids is 2. The molecule has 1 aromatic carbocycles. The van der Waals surface area contributed by atoms with Gasteiger partial charge in [0.05, 0.1) is 13.2 Å². The van der Waals surface area contributed by atoms with Crippen molar-refractivity contribution < 1.29 is 14.3 Å². The van der Waals surface area contributed by atoms with Gasteiger partial charge < -0.3 is 25.2 Å². The Balaban J connectivity index is 1.93. The van der Waals surface area contributed by atoms with E-state index in [0.717, 1.165) is 38.2 Å². The number of anilines is 1. The highest BCUT2D eigenvalue weighted by Gasteiger charge is 2.19. The van der Waals surface area contributed by atoms with Crippen molar-refractivity contribution in [1.82, 2.24) is 20.1 Å². The van der Waals surface area contributed by atoms with Crippen LogP contribution in [0, 0.1) is 0 Å². The summed E-state index contributed by atoms with van der Waals surface area (Å²) in [5, 5.41) is 8.46. The zero-order chi connectivity index (χ0) is 26.5. The van der Waals surface area contributed by atoms with E-state index < -0.39 is 0 Å². The number of ether oxygens (including phenoxy) is 1. The van der Waals surface area contributed by atoms with E-state index in [1.807, 2.05) is 31.2 Å². The summed E-state index contributed by atoms with van der Waals surface area (Å²) in [4.78, 5) is 34.2. The van der Waals surface area contributed by atoms with Crippen molar-refractivity contribution in [3.63, 3.8) is 0 Å². The fourth-order valence-electron chi connectivity index (χ4n) is 3.79. The normalized spacial score (nSPS) is 12.1. The molecule has 0 saturated heterocycles. The Labute approximate surface area is 220 Å². The van der Waals surface area contributed by atoms with E-state index in [0.29, 0.717) is 36.3 Å². The molecule has 0 aliphatic rings. The van der Waals surface area contributed by atoms with Gasteiger partial charge in [-0.15, -0.1) is 11.3 Å². The molecule has 2 rings (SSSR count). The third-order valence-corrected chi connectivity index (χ3v) is 7.01. The lowest BCUT2D eigenvalue weighted by Gasteiger charge is -2.22. The fourth-order valence-corrected chi connectivity index (χ4v) is 4.58. The topological polar surface area (TPSA) is 86.8 Å². The molecule has 2 aromatic rings. The fraction of sp³-hybridized carbons (Fsp3) is 0.593. The summed E-state index contributed by atoms with van der Waals surface area (Å²) in [5.74, 6) is 0.255. The summed E-state index contributed by atoms with van der Waals surface area (Å²) < 4.78 is 5.20. The molecule has 1 unspecified atom stereocenters. The summed E-state index contributed by atoms with van der Waals surface area (Å²) in [5.41, 5.74) is 2.35. The van der Waals surface area contributed by atoms with Crippen LogP contribution in [-0.2, 0) is 11.3 Å². The molecule has 0 fully saturated rings. The molecule has 0 aliphatic heterocycles. The number of carbonyl (C=O) groups is 2. The number of urea groups is 1. The molecule has 9 heteroatoms. The van der Waals surface area contributed by atoms with Crippen LogP contribution in [0.1, 0.15) is 74.4 Å². The Morgan fingerprint density at radius 2 is 1.78 bits per heavy atom. The lowest BCUT2D eigenvalue weighted by molar-refractivity contribution is 0.0932. The molecule has 0 spiro atoms. The van der Waals surface area contributed by atoms with Gasteiger partial charge in [-0.05, 0) is 63.0 Å². The standard InChI is InChI=1S/C27H43N5O3S/c1-7-31(8-2)15-9-10-21(5)28-26(33)24-19-36-25(30-24)18-32(16-17-35-6)27(34)29-23-13-11-22(12-14-23)20(3)4/h11-14,19-21H,7-10,15-18H2,1-6H3,(H,28,33)(H,29,34). The number of aromatic nitrogens is 1. The summed E-state index contributed by atoms with van der Waals surface area (Å²) >= 11 is 1.38. The van der Waals surface area contributed by atoms with Crippen molar-refractivity contribution in [2.45, 2.75) is 66.0 Å². The van der Waals surface area contributed by atoms with Crippen LogP contribution < -0.4 is 10.6 Å². The number of methoxy groups -OCH3 is 1. The van der Waals surface area contributed by atoms with Crippen LogP contribution in [0.15, 0.2) is 29.6 Å². The molecule has 200 valence electrons. The first kappa shape index (κ1) is 29.7. The highest BCUT2D eigenvalue weighted by atomic mass is 32.1. The maximum Gasteiger partial charge on any atom is 0.322 e. The van der Waals surface area contributed by atoms with Crippen LogP contribution in [0.5, 0.6) is 0 Å². The maximum atomic E-state index is 13.0. The molecule has 8 nitrogen and oxygen atoms in total. The lowest BCUT2D eigenvalue weighted by atomic mass is 10.0. The number of hydrogen-bond acceptors (Lipinski definition) is 6. The molecule has 1 heterocycles. The Kier molecular flexibility index (Phi) is 12.9. The predicted molar refractivity (Wildman–Crippen MR) is 148 cm³/mol. The van der Waals surface area contributed by atoms with Gasteiger partial charge in [0.1, 0.15) is 10.7 Å². The SMILES string of the molecule is CCN(CC)CCCC(C)NC(=O)c1csc(CN(CCOC)C(=O)Nc2ccc(C(C)C)cc2)n1. The van der Waals surface area contributed by atoms with Crippen LogP contribution in [0.4, 0.5) is 10.5 Å². The first-order valence-electron chi connectivity index (χ1n) is 12.9. The zero-order valence-corrected chi connectivity index (χ0v) is 23.5. The Morgan fingerprint density at radius 1 is 1.08 bits per heavy atom. The molecule has 0 bridgehead atoms. The largest absolute Gasteiger partial charge is 0.383 e. The minimum absolute atomic E-state index is 0.0734. The van der Waals surface area contributed by atoms with Crippen LogP contribution in [0.25, 0.3) is 0 Å². The minimum atomic E-state index is -0.229. The molecule has 0 radical (unpaired) electrons. The third-order valence-electron chi connectivity index (χ3n) is 6.18. The molecule has 2 N–H and O–H groups in total. The van der Waals surface area contributed by atoms with Crippen molar-refractivity contribution in [3.05, 3.63) is 45.9 Å². The minimum Gasteiger partial charge on any atom is -0.383 e. The Hall–Kier alpha value is -2.49. The molecule has 1 aromatic heterocycles. The first-order chi connectivity index (χ1) is 17.3. The summed E-state index contributed by atoms with van der Waals surface area (Å²) in [6.45, 7) is 14.9. The van der Waals surface area contributed by atoms with Crippen molar-refractivity contribution in [1.29, 1.82) is 0 Å². The van der Waals surface area contributed by atoms with E-state index in [2.05, 4.69) is 48.2 Å². The molecule has 0 saturated carbocycles. The van der Waals surface area contributed by atoms with Gasteiger partial charge in [0.25, 0.3) is 5.91 Å². The molecular formula is C27H43N5O3S. The monoisotopic (exact) mass is 517 g/mol.